The molecule has 1 rings (SSSR count). The van der Waals surface area contributed by atoms with Crippen molar-refractivity contribution in [3.05, 3.63) is 35.4 Å². The van der Waals surface area contributed by atoms with Crippen molar-refractivity contribution in [3.8, 4) is 0 Å². The van der Waals surface area contributed by atoms with E-state index in [9.17, 15) is 4.79 Å². The number of nitrogen functional groups attached to an aromatic ring is 1. The molecule has 0 saturated heterocycles. The molecule has 0 saturated carbocycles. The smallest absolute Gasteiger partial charge is 0.328 e. The van der Waals surface area contributed by atoms with Crippen molar-refractivity contribution >= 4 is 23.4 Å². The zero-order valence-corrected chi connectivity index (χ0v) is 10.2. The number of aliphatic carboxylic acids is 1. The summed E-state index contributed by atoms with van der Waals surface area (Å²) in [5.74, 6) is -0.220. The number of hydrogen-bond donors (Lipinski definition) is 2. The first-order chi connectivity index (χ1) is 7.49. The summed E-state index contributed by atoms with van der Waals surface area (Å²) in [7, 11) is 0. The molecule has 0 spiro atoms. The van der Waals surface area contributed by atoms with Gasteiger partial charge in [0.1, 0.15) is 0 Å². The van der Waals surface area contributed by atoms with Crippen molar-refractivity contribution < 1.29 is 9.90 Å². The molecule has 3 N–H and O–H groups in total. The highest BCUT2D eigenvalue weighted by atomic mass is 32.2. The number of thioether (sulfide) groups is 1. The summed E-state index contributed by atoms with van der Waals surface area (Å²) in [4.78, 5) is 11.5. The second-order valence-electron chi connectivity index (χ2n) is 3.64. The molecule has 0 heterocycles. The Balaban J connectivity index is 2.61. The second-order valence-corrected chi connectivity index (χ2v) is 4.68. The Bertz CT molecular complexity index is 427. The molecule has 0 bridgehead atoms. The Hall–Kier alpha value is -1.42. The highest BCUT2D eigenvalue weighted by molar-refractivity contribution is 7.99. The van der Waals surface area contributed by atoms with Gasteiger partial charge in [-0.25, -0.2) is 4.79 Å². The number of hydrogen-bond acceptors (Lipinski definition) is 3. The standard InChI is InChI=1S/C12H15NO2S/c1-8(5-12(14)15)7-16-10-3-4-11(13)9(2)6-10/h3-6H,7,13H2,1-2H3,(H,14,15). The Morgan fingerprint density at radius 1 is 1.56 bits per heavy atom. The fraction of sp³-hybridized carbons (Fsp3) is 0.250. The van der Waals surface area contributed by atoms with Crippen LogP contribution in [0.2, 0.25) is 0 Å². The maximum atomic E-state index is 10.4. The Kier molecular flexibility index (Phi) is 4.43. The van der Waals surface area contributed by atoms with E-state index >= 15 is 0 Å². The number of anilines is 1. The van der Waals surface area contributed by atoms with Crippen LogP contribution in [0.15, 0.2) is 34.7 Å². The molecule has 0 aromatic heterocycles. The predicted molar refractivity (Wildman–Crippen MR) is 67.7 cm³/mol. The molecule has 0 fully saturated rings. The lowest BCUT2D eigenvalue weighted by Crippen LogP contribution is -1.92. The lowest BCUT2D eigenvalue weighted by atomic mass is 10.2. The minimum absolute atomic E-state index is 0.676. The van der Waals surface area contributed by atoms with Crippen LogP contribution >= 0.6 is 11.8 Å². The van der Waals surface area contributed by atoms with Crippen LogP contribution < -0.4 is 5.73 Å². The quantitative estimate of drug-likeness (QED) is 0.480. The Morgan fingerprint density at radius 3 is 2.81 bits per heavy atom. The predicted octanol–water partition coefficient (Wildman–Crippen LogP) is 2.70. The largest absolute Gasteiger partial charge is 0.478 e. The molecule has 0 atom stereocenters. The molecule has 1 aromatic carbocycles. The van der Waals surface area contributed by atoms with Gasteiger partial charge in [-0.1, -0.05) is 5.57 Å². The van der Waals surface area contributed by atoms with Gasteiger partial charge in [0.05, 0.1) is 0 Å². The minimum Gasteiger partial charge on any atom is -0.478 e. The molecule has 0 amide bonds. The number of rotatable bonds is 4. The third-order valence-corrected chi connectivity index (χ3v) is 3.26. The van der Waals surface area contributed by atoms with Crippen LogP contribution in [0.25, 0.3) is 0 Å². The molecule has 4 heteroatoms. The summed E-state index contributed by atoms with van der Waals surface area (Å²) in [6.07, 6.45) is 1.23. The molecule has 0 aliphatic carbocycles. The molecular formula is C12H15NO2S. The van der Waals surface area contributed by atoms with Crippen LogP contribution in [0.4, 0.5) is 5.69 Å². The normalized spacial score (nSPS) is 11.5. The van der Waals surface area contributed by atoms with Crippen LogP contribution in [0.5, 0.6) is 0 Å². The van der Waals surface area contributed by atoms with Crippen molar-refractivity contribution in [1.29, 1.82) is 0 Å². The van der Waals surface area contributed by atoms with E-state index in [4.69, 9.17) is 10.8 Å². The van der Waals surface area contributed by atoms with Crippen molar-refractivity contribution in [3.63, 3.8) is 0 Å². The number of nitrogens with two attached hydrogens (primary N) is 1. The van der Waals surface area contributed by atoms with Crippen molar-refractivity contribution in [2.45, 2.75) is 18.7 Å². The first-order valence-corrected chi connectivity index (χ1v) is 5.86. The maximum absolute atomic E-state index is 10.4. The number of benzene rings is 1. The van der Waals surface area contributed by atoms with Gasteiger partial charge in [0.25, 0.3) is 0 Å². The summed E-state index contributed by atoms with van der Waals surface area (Å²) in [6, 6.07) is 5.82. The van der Waals surface area contributed by atoms with E-state index in [0.717, 1.165) is 21.7 Å². The van der Waals surface area contributed by atoms with Gasteiger partial charge in [-0.05, 0) is 37.6 Å². The van der Waals surface area contributed by atoms with Crippen molar-refractivity contribution in [2.24, 2.45) is 0 Å². The Morgan fingerprint density at radius 2 is 2.25 bits per heavy atom. The van der Waals surface area contributed by atoms with E-state index in [2.05, 4.69) is 0 Å². The zero-order valence-electron chi connectivity index (χ0n) is 9.36. The molecule has 0 aliphatic rings. The number of carboxylic acid groups (broad SMARTS) is 1. The van der Waals surface area contributed by atoms with E-state index in [1.165, 1.54) is 6.08 Å². The van der Waals surface area contributed by atoms with Gasteiger partial charge in [-0.2, -0.15) is 0 Å². The first-order valence-electron chi connectivity index (χ1n) is 4.88. The second kappa shape index (κ2) is 5.61. The van der Waals surface area contributed by atoms with E-state index in [-0.39, 0.29) is 0 Å². The van der Waals surface area contributed by atoms with Gasteiger partial charge in [0, 0.05) is 22.4 Å². The van der Waals surface area contributed by atoms with E-state index in [0.29, 0.717) is 5.75 Å². The van der Waals surface area contributed by atoms with Crippen LogP contribution in [0, 0.1) is 6.92 Å². The first kappa shape index (κ1) is 12.6. The van der Waals surface area contributed by atoms with Crippen LogP contribution in [0.1, 0.15) is 12.5 Å². The molecule has 0 radical (unpaired) electrons. The molecule has 16 heavy (non-hydrogen) atoms. The average Bonchev–Trinajstić information content (AvgIpc) is 2.19. The van der Waals surface area contributed by atoms with Gasteiger partial charge in [-0.15, -0.1) is 11.8 Å². The van der Waals surface area contributed by atoms with E-state index < -0.39 is 5.97 Å². The lowest BCUT2D eigenvalue weighted by molar-refractivity contribution is -0.131. The maximum Gasteiger partial charge on any atom is 0.328 e. The molecule has 1 aromatic rings. The highest BCUT2D eigenvalue weighted by Gasteiger charge is 1.99. The molecule has 0 unspecified atom stereocenters. The third kappa shape index (κ3) is 3.98. The summed E-state index contributed by atoms with van der Waals surface area (Å²) in [5.41, 5.74) is 8.38. The van der Waals surface area contributed by atoms with Crippen molar-refractivity contribution in [1.82, 2.24) is 0 Å². The molecular weight excluding hydrogens is 222 g/mol. The lowest BCUT2D eigenvalue weighted by Gasteiger charge is -2.04. The van der Waals surface area contributed by atoms with Crippen LogP contribution in [0.3, 0.4) is 0 Å². The minimum atomic E-state index is -0.897. The van der Waals surface area contributed by atoms with Crippen molar-refractivity contribution in [2.75, 3.05) is 11.5 Å². The average molecular weight is 237 g/mol. The van der Waals surface area contributed by atoms with Gasteiger partial charge >= 0.3 is 5.97 Å². The molecule has 86 valence electrons. The summed E-state index contributed by atoms with van der Waals surface area (Å²) in [6.45, 7) is 3.77. The fourth-order valence-electron chi connectivity index (χ4n) is 1.19. The monoisotopic (exact) mass is 237 g/mol. The van der Waals surface area contributed by atoms with Crippen LogP contribution in [-0.4, -0.2) is 16.8 Å². The molecule has 3 nitrogen and oxygen atoms in total. The summed E-state index contributed by atoms with van der Waals surface area (Å²) < 4.78 is 0. The van der Waals surface area contributed by atoms with Gasteiger partial charge in [0.2, 0.25) is 0 Å². The van der Waals surface area contributed by atoms with Crippen LogP contribution in [-0.2, 0) is 4.79 Å². The SMILES string of the molecule is CC(=CC(=O)O)CSc1ccc(N)c(C)c1. The zero-order chi connectivity index (χ0) is 12.1. The third-order valence-electron chi connectivity index (χ3n) is 2.08. The van der Waals surface area contributed by atoms with Gasteiger partial charge in [0.15, 0.2) is 0 Å². The molecule has 0 aliphatic heterocycles. The van der Waals surface area contributed by atoms with E-state index in [1.807, 2.05) is 32.0 Å². The van der Waals surface area contributed by atoms with Gasteiger partial charge < -0.3 is 10.8 Å². The number of carboxylic acids is 1. The summed E-state index contributed by atoms with van der Waals surface area (Å²) >= 11 is 1.61. The van der Waals surface area contributed by atoms with Gasteiger partial charge in [-0.3, -0.25) is 0 Å². The number of carbonyl (C=O) groups is 1. The highest BCUT2D eigenvalue weighted by Crippen LogP contribution is 2.23. The topological polar surface area (TPSA) is 63.3 Å². The number of aryl methyl sites for hydroxylation is 1. The Labute approximate surface area is 99.4 Å². The summed E-state index contributed by atoms with van der Waals surface area (Å²) in [5, 5.41) is 8.56. The van der Waals surface area contributed by atoms with E-state index in [1.54, 1.807) is 11.8 Å². The fourth-order valence-corrected chi connectivity index (χ4v) is 2.09.